The Hall–Kier alpha value is -5.01. The molecular formula is C47H53FN2O4. The maximum Gasteiger partial charge on any atom is 0.164 e. The molecule has 0 unspecified atom stereocenters. The van der Waals surface area contributed by atoms with Crippen molar-refractivity contribution in [1.82, 2.24) is 4.90 Å². The first-order chi connectivity index (χ1) is 26.4. The molecule has 2 fully saturated rings. The second kappa shape index (κ2) is 17.0. The molecule has 0 radical (unpaired) electrons. The zero-order valence-electron chi connectivity index (χ0n) is 32.4. The van der Waals surface area contributed by atoms with E-state index in [1.165, 1.54) is 40.7 Å². The molecule has 0 spiro atoms. The fraction of sp³-hybridized carbons (Fsp3) is 0.362. The molecule has 1 heterocycles. The van der Waals surface area contributed by atoms with Crippen molar-refractivity contribution in [2.24, 2.45) is 0 Å². The number of ether oxygens (including phenoxy) is 4. The maximum atomic E-state index is 14.1. The summed E-state index contributed by atoms with van der Waals surface area (Å²) >= 11 is 0. The van der Waals surface area contributed by atoms with Crippen LogP contribution in [0.3, 0.4) is 0 Å². The van der Waals surface area contributed by atoms with Crippen LogP contribution in [-0.2, 0) is 19.5 Å². The Labute approximate surface area is 320 Å². The lowest BCUT2D eigenvalue weighted by Gasteiger charge is -2.40. The summed E-state index contributed by atoms with van der Waals surface area (Å²) in [5.74, 6) is 3.53. The van der Waals surface area contributed by atoms with Gasteiger partial charge in [0.15, 0.2) is 23.0 Å². The minimum Gasteiger partial charge on any atom is -0.493 e. The lowest BCUT2D eigenvalue weighted by atomic mass is 9.96. The molecule has 1 saturated carbocycles. The van der Waals surface area contributed by atoms with Crippen molar-refractivity contribution in [2.75, 3.05) is 46.4 Å². The van der Waals surface area contributed by atoms with Crippen molar-refractivity contribution in [3.8, 4) is 45.3 Å². The average Bonchev–Trinajstić information content (AvgIpc) is 4.06. The molecule has 5 aromatic carbocycles. The smallest absolute Gasteiger partial charge is 0.164 e. The van der Waals surface area contributed by atoms with E-state index in [0.29, 0.717) is 12.0 Å². The van der Waals surface area contributed by atoms with E-state index >= 15 is 0 Å². The summed E-state index contributed by atoms with van der Waals surface area (Å²) in [6.07, 6.45) is 6.37. The van der Waals surface area contributed by atoms with Gasteiger partial charge in [-0.2, -0.15) is 0 Å². The van der Waals surface area contributed by atoms with Gasteiger partial charge in [0.05, 0.1) is 28.4 Å². The highest BCUT2D eigenvalue weighted by molar-refractivity contribution is 5.71. The van der Waals surface area contributed by atoms with E-state index in [1.807, 2.05) is 12.1 Å². The average molecular weight is 729 g/mol. The summed E-state index contributed by atoms with van der Waals surface area (Å²) in [6.45, 7) is 5.78. The zero-order valence-corrected chi connectivity index (χ0v) is 32.4. The number of hydrogen-bond donors (Lipinski definition) is 0. The minimum absolute atomic E-state index is 0.215. The van der Waals surface area contributed by atoms with Crippen LogP contribution in [0, 0.1) is 5.82 Å². The molecule has 0 atom stereocenters. The molecule has 7 rings (SSSR count). The van der Waals surface area contributed by atoms with E-state index in [-0.39, 0.29) is 5.82 Å². The van der Waals surface area contributed by atoms with Gasteiger partial charge in [-0.15, -0.1) is 0 Å². The molecule has 0 bridgehead atoms. The molecule has 0 aromatic heterocycles. The lowest BCUT2D eigenvalue weighted by Crippen LogP contribution is -2.44. The summed E-state index contributed by atoms with van der Waals surface area (Å²) < 4.78 is 37.2. The molecule has 2 aliphatic rings. The van der Waals surface area contributed by atoms with Crippen LogP contribution in [0.25, 0.3) is 22.3 Å². The van der Waals surface area contributed by atoms with E-state index < -0.39 is 0 Å². The molecule has 1 aliphatic heterocycles. The van der Waals surface area contributed by atoms with E-state index in [2.05, 4.69) is 89.5 Å². The Morgan fingerprint density at radius 1 is 0.648 bits per heavy atom. The Morgan fingerprint density at radius 2 is 1.26 bits per heavy atom. The fourth-order valence-electron chi connectivity index (χ4n) is 8.13. The second-order valence-electron chi connectivity index (χ2n) is 14.7. The van der Waals surface area contributed by atoms with Crippen LogP contribution in [0.4, 0.5) is 10.1 Å². The second-order valence-corrected chi connectivity index (χ2v) is 14.7. The molecule has 0 amide bonds. The lowest BCUT2D eigenvalue weighted by molar-refractivity contribution is 0.201. The van der Waals surface area contributed by atoms with Gasteiger partial charge in [-0.25, -0.2) is 4.39 Å². The Kier molecular flexibility index (Phi) is 11.7. The number of piperidine rings is 1. The van der Waals surface area contributed by atoms with Crippen LogP contribution in [0.1, 0.15) is 67.2 Å². The molecule has 54 heavy (non-hydrogen) atoms. The highest BCUT2D eigenvalue weighted by Gasteiger charge is 2.30. The van der Waals surface area contributed by atoms with Gasteiger partial charge in [-0.3, -0.25) is 4.90 Å². The molecule has 0 N–H and O–H groups in total. The van der Waals surface area contributed by atoms with Crippen molar-refractivity contribution in [3.05, 3.63) is 125 Å². The van der Waals surface area contributed by atoms with Crippen LogP contribution in [0.15, 0.2) is 97.1 Å². The first-order valence-electron chi connectivity index (χ1n) is 19.3. The van der Waals surface area contributed by atoms with E-state index in [9.17, 15) is 4.39 Å². The van der Waals surface area contributed by atoms with E-state index in [0.717, 1.165) is 97.2 Å². The number of methoxy groups -OCH3 is 4. The Bertz CT molecular complexity index is 2040. The number of aryl methyl sites for hydroxylation is 1. The summed E-state index contributed by atoms with van der Waals surface area (Å²) in [4.78, 5) is 5.04. The monoisotopic (exact) mass is 728 g/mol. The predicted molar refractivity (Wildman–Crippen MR) is 217 cm³/mol. The van der Waals surface area contributed by atoms with E-state index in [1.54, 1.807) is 40.6 Å². The number of anilines is 1. The number of benzene rings is 5. The first-order valence-corrected chi connectivity index (χ1v) is 19.3. The van der Waals surface area contributed by atoms with Gasteiger partial charge in [0.1, 0.15) is 5.82 Å². The summed E-state index contributed by atoms with van der Waals surface area (Å²) in [5, 5.41) is 0. The number of rotatable bonds is 15. The quantitative estimate of drug-likeness (QED) is 0.107. The summed E-state index contributed by atoms with van der Waals surface area (Å²) in [5.41, 5.74) is 10.6. The molecule has 282 valence electrons. The third-order valence-corrected chi connectivity index (χ3v) is 11.0. The van der Waals surface area contributed by atoms with Gasteiger partial charge in [0, 0.05) is 43.5 Å². The van der Waals surface area contributed by atoms with Crippen LogP contribution in [0.5, 0.6) is 23.0 Å². The molecule has 1 aliphatic carbocycles. The van der Waals surface area contributed by atoms with Gasteiger partial charge in [-0.1, -0.05) is 49.7 Å². The Morgan fingerprint density at radius 3 is 1.87 bits per heavy atom. The van der Waals surface area contributed by atoms with Gasteiger partial charge in [-0.05, 0) is 138 Å². The van der Waals surface area contributed by atoms with Crippen LogP contribution >= 0.6 is 0 Å². The fourth-order valence-corrected chi connectivity index (χ4v) is 8.13. The van der Waals surface area contributed by atoms with Crippen LogP contribution in [-0.4, -0.2) is 52.5 Å². The highest BCUT2D eigenvalue weighted by atomic mass is 19.1. The zero-order chi connectivity index (χ0) is 37.6. The standard InChI is InChI=1S/C47H53FN2O4/c1-6-9-37-26-38(28-44(51-2)46(37)53-4)35-12-7-10-32(24-35)30-49-22-20-42(21-23-49)50(41-18-16-40(48)17-19-41)31-33-11-8-13-36(25-33)39-27-43(34-14-15-34)47(54-5)45(29-39)52-3/h7-8,10-13,16-19,24-29,34,42H,6,9,14-15,20-23,30-31H2,1-5H3. The number of nitrogens with zero attached hydrogens (tertiary/aromatic N) is 2. The van der Waals surface area contributed by atoms with Crippen molar-refractivity contribution in [3.63, 3.8) is 0 Å². The normalized spacial score (nSPS) is 14.9. The van der Waals surface area contributed by atoms with Crippen molar-refractivity contribution < 1.29 is 23.3 Å². The predicted octanol–water partition coefficient (Wildman–Crippen LogP) is 10.7. The molecule has 7 heteroatoms. The van der Waals surface area contributed by atoms with Crippen LogP contribution in [0.2, 0.25) is 0 Å². The third kappa shape index (κ3) is 8.37. The summed E-state index contributed by atoms with van der Waals surface area (Å²) in [6, 6.07) is 33.7. The molecule has 5 aromatic rings. The largest absolute Gasteiger partial charge is 0.493 e. The van der Waals surface area contributed by atoms with Gasteiger partial charge in [0.2, 0.25) is 0 Å². The number of halogens is 1. The number of likely N-dealkylation sites (tertiary alicyclic amines) is 1. The first kappa shape index (κ1) is 37.3. The van der Waals surface area contributed by atoms with Crippen molar-refractivity contribution in [1.29, 1.82) is 0 Å². The summed E-state index contributed by atoms with van der Waals surface area (Å²) in [7, 11) is 6.85. The van der Waals surface area contributed by atoms with Gasteiger partial charge in [0.25, 0.3) is 0 Å². The third-order valence-electron chi connectivity index (χ3n) is 11.0. The van der Waals surface area contributed by atoms with E-state index in [4.69, 9.17) is 18.9 Å². The SMILES string of the molecule is CCCc1cc(-c2cccc(CN3CCC(N(Cc4cccc(-c5cc(OC)c(OC)c(C6CC6)c5)c4)c4ccc(F)cc4)CC3)c2)cc(OC)c1OC. The van der Waals surface area contributed by atoms with Gasteiger partial charge >= 0.3 is 0 Å². The highest BCUT2D eigenvalue weighted by Crippen LogP contribution is 2.49. The topological polar surface area (TPSA) is 43.4 Å². The molecule has 6 nitrogen and oxygen atoms in total. The van der Waals surface area contributed by atoms with Crippen molar-refractivity contribution in [2.45, 2.75) is 70.5 Å². The van der Waals surface area contributed by atoms with Crippen molar-refractivity contribution >= 4 is 5.69 Å². The van der Waals surface area contributed by atoms with Gasteiger partial charge < -0.3 is 23.8 Å². The Balaban J connectivity index is 1.07. The maximum absolute atomic E-state index is 14.1. The number of hydrogen-bond acceptors (Lipinski definition) is 6. The minimum atomic E-state index is -0.215. The van der Waals surface area contributed by atoms with Crippen LogP contribution < -0.4 is 23.8 Å². The molecular weight excluding hydrogens is 676 g/mol. The molecule has 1 saturated heterocycles.